The van der Waals surface area contributed by atoms with Crippen LogP contribution < -0.4 is 5.32 Å². The highest BCUT2D eigenvalue weighted by Crippen LogP contribution is 2.15. The molecule has 1 aliphatic heterocycles. The van der Waals surface area contributed by atoms with Gasteiger partial charge in [0.1, 0.15) is 0 Å². The van der Waals surface area contributed by atoms with Crippen LogP contribution in [0.4, 0.5) is 0 Å². The zero-order valence-corrected chi connectivity index (χ0v) is 5.50. The van der Waals surface area contributed by atoms with Crippen LogP contribution in [0.1, 0.15) is 0 Å². The molecular formula is C5H4Cl2N. The summed E-state index contributed by atoms with van der Waals surface area (Å²) in [5, 5.41) is 3.40. The molecule has 0 saturated carbocycles. The average Bonchev–Trinajstić information content (AvgIpc) is 1.64. The first kappa shape index (κ1) is 5.99. The number of nitrogens with one attached hydrogen (secondary N) is 1. The molecule has 0 aromatic heterocycles. The molecule has 1 N–H and O–H groups in total. The minimum Gasteiger partial charge on any atom is -0.366 e. The third kappa shape index (κ3) is 1.42. The quantitative estimate of drug-likeness (QED) is 0.519. The van der Waals surface area contributed by atoms with Gasteiger partial charge in [-0.2, -0.15) is 0 Å². The van der Waals surface area contributed by atoms with Gasteiger partial charge in [0.2, 0.25) is 0 Å². The Balaban J connectivity index is 2.63. The smallest absolute Gasteiger partial charge is 0.173 e. The minimum absolute atomic E-state index is 0.553. The van der Waals surface area contributed by atoms with Gasteiger partial charge in [-0.3, -0.25) is 0 Å². The van der Waals surface area contributed by atoms with E-state index < -0.39 is 0 Å². The molecule has 0 bridgehead atoms. The molecule has 0 atom stereocenters. The summed E-state index contributed by atoms with van der Waals surface area (Å²) in [7, 11) is 0. The molecule has 43 valence electrons. The number of hydrogen-bond donors (Lipinski definition) is 1. The van der Waals surface area contributed by atoms with Crippen molar-refractivity contribution in [1.82, 2.24) is 5.32 Å². The van der Waals surface area contributed by atoms with Crippen LogP contribution in [0.15, 0.2) is 23.4 Å². The number of rotatable bonds is 0. The molecule has 0 aromatic rings. The maximum atomic E-state index is 5.54. The van der Waals surface area contributed by atoms with Crippen LogP contribution in [0.25, 0.3) is 0 Å². The van der Waals surface area contributed by atoms with Crippen LogP contribution in [0, 0.1) is 5.50 Å². The van der Waals surface area contributed by atoms with E-state index in [-0.39, 0.29) is 0 Å². The Morgan fingerprint density at radius 2 is 2.12 bits per heavy atom. The highest BCUT2D eigenvalue weighted by molar-refractivity contribution is 6.34. The first-order chi connectivity index (χ1) is 3.79. The zero-order valence-electron chi connectivity index (χ0n) is 3.99. The topological polar surface area (TPSA) is 12.0 Å². The van der Waals surface area contributed by atoms with Crippen molar-refractivity contribution >= 4 is 23.2 Å². The first-order valence-corrected chi connectivity index (χ1v) is 2.87. The van der Waals surface area contributed by atoms with E-state index in [1.807, 2.05) is 0 Å². The molecule has 1 radical (unpaired) electrons. The lowest BCUT2D eigenvalue weighted by atomic mass is 10.4. The highest BCUT2D eigenvalue weighted by atomic mass is 35.5. The van der Waals surface area contributed by atoms with E-state index >= 15 is 0 Å². The van der Waals surface area contributed by atoms with Crippen LogP contribution >= 0.6 is 23.2 Å². The van der Waals surface area contributed by atoms with E-state index in [4.69, 9.17) is 23.2 Å². The van der Waals surface area contributed by atoms with Crippen molar-refractivity contribution in [3.8, 4) is 0 Å². The van der Waals surface area contributed by atoms with Crippen molar-refractivity contribution < 1.29 is 0 Å². The standard InChI is InChI=1S/C5H4Cl2N/c6-4-1-2-8-5(7)3-4/h1-3,8H. The molecule has 1 aliphatic rings. The van der Waals surface area contributed by atoms with Crippen LogP contribution in [0.3, 0.4) is 0 Å². The van der Waals surface area contributed by atoms with E-state index in [1.165, 1.54) is 0 Å². The molecule has 3 heteroatoms. The number of hydrogen-bond acceptors (Lipinski definition) is 1. The van der Waals surface area contributed by atoms with Crippen molar-refractivity contribution in [1.29, 1.82) is 0 Å². The van der Waals surface area contributed by atoms with Gasteiger partial charge in [0, 0.05) is 5.03 Å². The Kier molecular flexibility index (Phi) is 1.81. The highest BCUT2D eigenvalue weighted by Gasteiger charge is 2.01. The van der Waals surface area contributed by atoms with E-state index in [2.05, 4.69) is 5.32 Å². The number of allylic oxidation sites excluding steroid dienone is 2. The van der Waals surface area contributed by atoms with Gasteiger partial charge in [0.25, 0.3) is 0 Å². The third-order valence-corrected chi connectivity index (χ3v) is 1.18. The molecule has 8 heavy (non-hydrogen) atoms. The second kappa shape index (κ2) is 2.42. The number of halogens is 2. The Bertz CT molecular complexity index is 139. The number of dihydropyridines is 1. The molecule has 0 unspecified atom stereocenters. The third-order valence-electron chi connectivity index (χ3n) is 0.728. The normalized spacial score (nSPS) is 20.0. The SMILES string of the molecule is Cl[C]1C=C(Cl)C=CN1. The van der Waals surface area contributed by atoms with Crippen molar-refractivity contribution in [2.24, 2.45) is 0 Å². The summed E-state index contributed by atoms with van der Waals surface area (Å²) < 4.78 is 0. The van der Waals surface area contributed by atoms with E-state index in [0.29, 0.717) is 10.5 Å². The van der Waals surface area contributed by atoms with Crippen molar-refractivity contribution in [2.75, 3.05) is 0 Å². The van der Waals surface area contributed by atoms with Crippen molar-refractivity contribution in [2.45, 2.75) is 0 Å². The lowest BCUT2D eigenvalue weighted by molar-refractivity contribution is 1.04. The first-order valence-electron chi connectivity index (χ1n) is 2.12. The van der Waals surface area contributed by atoms with Gasteiger partial charge in [-0.25, -0.2) is 0 Å². The van der Waals surface area contributed by atoms with Crippen molar-refractivity contribution in [3.63, 3.8) is 0 Å². The predicted octanol–water partition coefficient (Wildman–Crippen LogP) is 1.95. The lowest BCUT2D eigenvalue weighted by Gasteiger charge is -2.06. The van der Waals surface area contributed by atoms with Gasteiger partial charge in [-0.05, 0) is 18.4 Å². The summed E-state index contributed by atoms with van der Waals surface area (Å²) >= 11 is 11.0. The summed E-state index contributed by atoms with van der Waals surface area (Å²) in [4.78, 5) is 0. The van der Waals surface area contributed by atoms with Gasteiger partial charge < -0.3 is 5.32 Å². The molecule has 1 nitrogen and oxygen atoms in total. The molecule has 0 amide bonds. The van der Waals surface area contributed by atoms with Crippen molar-refractivity contribution in [3.05, 3.63) is 28.9 Å². The lowest BCUT2D eigenvalue weighted by Crippen LogP contribution is -2.08. The maximum Gasteiger partial charge on any atom is 0.173 e. The molecule has 0 spiro atoms. The van der Waals surface area contributed by atoms with Crippen LogP contribution in [-0.2, 0) is 0 Å². The predicted molar refractivity (Wildman–Crippen MR) is 35.3 cm³/mol. The second-order valence-corrected chi connectivity index (χ2v) is 2.20. The molecule has 0 saturated heterocycles. The second-order valence-electron chi connectivity index (χ2n) is 1.35. The van der Waals surface area contributed by atoms with Crippen LogP contribution in [-0.4, -0.2) is 0 Å². The fourth-order valence-corrected chi connectivity index (χ4v) is 0.820. The fourth-order valence-electron chi connectivity index (χ4n) is 0.412. The molecule has 0 aromatic carbocycles. The maximum absolute atomic E-state index is 5.54. The van der Waals surface area contributed by atoms with E-state index in [0.717, 1.165) is 0 Å². The largest absolute Gasteiger partial charge is 0.366 e. The molecular weight excluding hydrogens is 145 g/mol. The Labute approximate surface area is 58.0 Å². The van der Waals surface area contributed by atoms with Gasteiger partial charge in [-0.15, -0.1) is 0 Å². The molecule has 0 aliphatic carbocycles. The zero-order chi connectivity index (χ0) is 5.98. The van der Waals surface area contributed by atoms with Crippen LogP contribution in [0.5, 0.6) is 0 Å². The molecule has 0 fully saturated rings. The Morgan fingerprint density at radius 3 is 2.50 bits per heavy atom. The van der Waals surface area contributed by atoms with E-state index in [9.17, 15) is 0 Å². The molecule has 1 rings (SSSR count). The average molecular weight is 149 g/mol. The van der Waals surface area contributed by atoms with Gasteiger partial charge in [0.05, 0.1) is 0 Å². The van der Waals surface area contributed by atoms with Gasteiger partial charge in [0.15, 0.2) is 5.50 Å². The van der Waals surface area contributed by atoms with Crippen LogP contribution in [0.2, 0.25) is 0 Å². The Morgan fingerprint density at radius 1 is 1.38 bits per heavy atom. The van der Waals surface area contributed by atoms with Gasteiger partial charge in [-0.1, -0.05) is 23.2 Å². The fraction of sp³-hybridized carbons (Fsp3) is 0. The van der Waals surface area contributed by atoms with E-state index in [1.54, 1.807) is 18.4 Å². The summed E-state index contributed by atoms with van der Waals surface area (Å²) in [5.74, 6) is 0. The Hall–Kier alpha value is -0.140. The summed E-state index contributed by atoms with van der Waals surface area (Å²) in [6.45, 7) is 0. The monoisotopic (exact) mass is 148 g/mol. The minimum atomic E-state index is 0.553. The summed E-state index contributed by atoms with van der Waals surface area (Å²) in [5.41, 5.74) is 0.553. The molecule has 1 heterocycles. The summed E-state index contributed by atoms with van der Waals surface area (Å²) in [6.07, 6.45) is 5.06. The van der Waals surface area contributed by atoms with Gasteiger partial charge >= 0.3 is 0 Å². The summed E-state index contributed by atoms with van der Waals surface area (Å²) in [6, 6.07) is 0.